The lowest BCUT2D eigenvalue weighted by atomic mass is 9.55. The van der Waals surface area contributed by atoms with Crippen molar-refractivity contribution in [3.05, 3.63) is 0 Å². The van der Waals surface area contributed by atoms with E-state index in [0.29, 0.717) is 24.1 Å². The van der Waals surface area contributed by atoms with E-state index in [9.17, 15) is 0 Å². The molecule has 0 bridgehead atoms. The zero-order valence-corrected chi connectivity index (χ0v) is 17.4. The first-order valence-corrected chi connectivity index (χ1v) is 9.14. The van der Waals surface area contributed by atoms with Crippen LogP contribution in [-0.2, 0) is 4.74 Å². The first-order valence-electron chi connectivity index (χ1n) is 9.14. The maximum atomic E-state index is 6.00. The second-order valence-electron chi connectivity index (χ2n) is 8.23. The molecule has 1 saturated heterocycles. The van der Waals surface area contributed by atoms with E-state index in [1.165, 1.54) is 38.5 Å². The van der Waals surface area contributed by atoms with E-state index in [-0.39, 0.29) is 29.4 Å². The molecule has 3 rings (SSSR count). The molecule has 2 saturated carbocycles. The van der Waals surface area contributed by atoms with Gasteiger partial charge in [0.2, 0.25) is 0 Å². The fraction of sp³-hybridized carbons (Fsp3) is 0.944. The van der Waals surface area contributed by atoms with Crippen LogP contribution in [-0.4, -0.2) is 37.8 Å². The van der Waals surface area contributed by atoms with Crippen LogP contribution in [0.1, 0.15) is 59.3 Å². The normalized spacial score (nSPS) is 39.5. The summed E-state index contributed by atoms with van der Waals surface area (Å²) in [5, 5.41) is 7.38. The number of hydrogen-bond donors (Lipinski definition) is 2. The molecule has 0 aromatic carbocycles. The third-order valence-electron chi connectivity index (χ3n) is 6.12. The topological polar surface area (TPSA) is 45.7 Å². The Balaban J connectivity index is 0.00000192. The van der Waals surface area contributed by atoms with Crippen LogP contribution in [0.2, 0.25) is 0 Å². The Morgan fingerprint density at radius 2 is 1.91 bits per heavy atom. The zero-order chi connectivity index (χ0) is 15.7. The summed E-state index contributed by atoms with van der Waals surface area (Å²) in [6.45, 7) is 7.95. The van der Waals surface area contributed by atoms with E-state index < -0.39 is 0 Å². The van der Waals surface area contributed by atoms with Crippen molar-refractivity contribution in [3.63, 3.8) is 0 Å². The van der Waals surface area contributed by atoms with Gasteiger partial charge in [-0.25, -0.2) is 0 Å². The second kappa shape index (κ2) is 7.89. The molecule has 5 heteroatoms. The number of aliphatic imine (C=N–C) groups is 1. The van der Waals surface area contributed by atoms with Gasteiger partial charge in [-0.3, -0.25) is 4.99 Å². The maximum Gasteiger partial charge on any atom is 0.191 e. The standard InChI is InChI=1S/C18H33N3O.HI/c1-12-7-5-8-13(11-12)20-17(19-4)21-15-14-9-6-10-22-16(14)18(15,2)3;/h12-16H,5-11H2,1-4H3,(H2,19,20,21);1H. The molecule has 2 aliphatic carbocycles. The van der Waals surface area contributed by atoms with Crippen LogP contribution in [0.4, 0.5) is 0 Å². The third-order valence-corrected chi connectivity index (χ3v) is 6.12. The van der Waals surface area contributed by atoms with E-state index in [1.54, 1.807) is 0 Å². The van der Waals surface area contributed by atoms with Gasteiger partial charge < -0.3 is 15.4 Å². The van der Waals surface area contributed by atoms with Crippen LogP contribution in [0.15, 0.2) is 4.99 Å². The number of ether oxygens (including phenoxy) is 1. The van der Waals surface area contributed by atoms with E-state index in [1.807, 2.05) is 7.05 Å². The van der Waals surface area contributed by atoms with Gasteiger partial charge in [0.25, 0.3) is 0 Å². The number of nitrogens with zero attached hydrogens (tertiary/aromatic N) is 1. The van der Waals surface area contributed by atoms with Gasteiger partial charge in [0.15, 0.2) is 5.96 Å². The predicted octanol–water partition coefficient (Wildman–Crippen LogP) is 3.55. The van der Waals surface area contributed by atoms with E-state index in [4.69, 9.17) is 4.74 Å². The SMILES string of the molecule is CN=C(NC1CCCC(C)C1)NC1C2CCCOC2C1(C)C.I. The first kappa shape index (κ1) is 19.3. The molecule has 0 radical (unpaired) electrons. The Labute approximate surface area is 158 Å². The summed E-state index contributed by atoms with van der Waals surface area (Å²) in [5.74, 6) is 2.47. The fourth-order valence-electron chi connectivity index (χ4n) is 4.89. The first-order chi connectivity index (χ1) is 10.5. The molecule has 3 fully saturated rings. The van der Waals surface area contributed by atoms with Crippen LogP contribution >= 0.6 is 24.0 Å². The van der Waals surface area contributed by atoms with Crippen molar-refractivity contribution in [1.82, 2.24) is 10.6 Å². The van der Waals surface area contributed by atoms with Crippen molar-refractivity contribution >= 4 is 29.9 Å². The largest absolute Gasteiger partial charge is 0.377 e. The molecule has 0 spiro atoms. The molecule has 4 nitrogen and oxygen atoms in total. The number of rotatable bonds is 2. The molecule has 0 aromatic rings. The minimum absolute atomic E-state index is 0. The lowest BCUT2D eigenvalue weighted by Crippen LogP contribution is -2.71. The van der Waals surface area contributed by atoms with Gasteiger partial charge in [-0.05, 0) is 31.6 Å². The van der Waals surface area contributed by atoms with E-state index >= 15 is 0 Å². The summed E-state index contributed by atoms with van der Waals surface area (Å²) >= 11 is 0. The fourth-order valence-corrected chi connectivity index (χ4v) is 4.89. The van der Waals surface area contributed by atoms with Crippen molar-refractivity contribution < 1.29 is 4.74 Å². The van der Waals surface area contributed by atoms with Gasteiger partial charge in [-0.15, -0.1) is 24.0 Å². The zero-order valence-electron chi connectivity index (χ0n) is 15.1. The highest BCUT2D eigenvalue weighted by Gasteiger charge is 2.58. The van der Waals surface area contributed by atoms with Crippen molar-refractivity contribution in [2.24, 2.45) is 22.2 Å². The van der Waals surface area contributed by atoms with Crippen molar-refractivity contribution in [1.29, 1.82) is 0 Å². The van der Waals surface area contributed by atoms with Gasteiger partial charge >= 0.3 is 0 Å². The molecule has 3 aliphatic rings. The highest BCUT2D eigenvalue weighted by molar-refractivity contribution is 14.0. The van der Waals surface area contributed by atoms with Gasteiger partial charge in [-0.2, -0.15) is 0 Å². The minimum Gasteiger partial charge on any atom is -0.377 e. The molecule has 134 valence electrons. The van der Waals surface area contributed by atoms with Crippen molar-refractivity contribution in [3.8, 4) is 0 Å². The highest BCUT2D eigenvalue weighted by Crippen LogP contribution is 2.51. The number of hydrogen-bond acceptors (Lipinski definition) is 2. The Kier molecular flexibility index (Phi) is 6.62. The van der Waals surface area contributed by atoms with Crippen LogP contribution in [0.25, 0.3) is 0 Å². The average Bonchev–Trinajstić information content (AvgIpc) is 2.51. The lowest BCUT2D eigenvalue weighted by Gasteiger charge is -2.60. The Bertz CT molecular complexity index is 426. The number of halogens is 1. The molecule has 0 amide bonds. The summed E-state index contributed by atoms with van der Waals surface area (Å²) in [4.78, 5) is 4.49. The smallest absolute Gasteiger partial charge is 0.191 e. The molecular formula is C18H34IN3O. The molecule has 5 atom stereocenters. The molecule has 2 N–H and O–H groups in total. The van der Waals surface area contributed by atoms with Gasteiger partial charge in [0.1, 0.15) is 0 Å². The van der Waals surface area contributed by atoms with Crippen LogP contribution in [0, 0.1) is 17.3 Å². The quantitative estimate of drug-likeness (QED) is 0.396. The Morgan fingerprint density at radius 1 is 1.13 bits per heavy atom. The summed E-state index contributed by atoms with van der Waals surface area (Å²) in [6, 6.07) is 1.06. The number of nitrogens with one attached hydrogen (secondary N) is 2. The molecular weight excluding hydrogens is 401 g/mol. The molecule has 5 unspecified atom stereocenters. The maximum absolute atomic E-state index is 6.00. The molecule has 0 aromatic heterocycles. The third kappa shape index (κ3) is 3.97. The summed E-state index contributed by atoms with van der Waals surface area (Å²) in [5.41, 5.74) is 0.197. The summed E-state index contributed by atoms with van der Waals surface area (Å²) in [6.07, 6.45) is 8.15. The highest BCUT2D eigenvalue weighted by atomic mass is 127. The Hall–Kier alpha value is -0.0400. The second-order valence-corrected chi connectivity index (χ2v) is 8.23. The average molecular weight is 435 g/mol. The van der Waals surface area contributed by atoms with Gasteiger partial charge in [-0.1, -0.05) is 33.6 Å². The summed E-state index contributed by atoms with van der Waals surface area (Å²) < 4.78 is 6.00. The Morgan fingerprint density at radius 3 is 2.61 bits per heavy atom. The van der Waals surface area contributed by atoms with Crippen molar-refractivity contribution in [2.45, 2.75) is 77.5 Å². The van der Waals surface area contributed by atoms with Crippen LogP contribution < -0.4 is 10.6 Å². The molecule has 1 heterocycles. The predicted molar refractivity (Wildman–Crippen MR) is 106 cm³/mol. The molecule has 23 heavy (non-hydrogen) atoms. The van der Waals surface area contributed by atoms with Crippen LogP contribution in [0.5, 0.6) is 0 Å². The summed E-state index contributed by atoms with van der Waals surface area (Å²) in [7, 11) is 1.89. The van der Waals surface area contributed by atoms with E-state index in [0.717, 1.165) is 18.5 Å². The number of fused-ring (bicyclic) bond motifs is 1. The monoisotopic (exact) mass is 435 g/mol. The van der Waals surface area contributed by atoms with Gasteiger partial charge in [0.05, 0.1) is 6.10 Å². The molecule has 1 aliphatic heterocycles. The van der Waals surface area contributed by atoms with Gasteiger partial charge in [0, 0.05) is 37.1 Å². The van der Waals surface area contributed by atoms with E-state index in [2.05, 4.69) is 36.4 Å². The lowest BCUT2D eigenvalue weighted by molar-refractivity contribution is -0.188. The van der Waals surface area contributed by atoms with Crippen molar-refractivity contribution in [2.75, 3.05) is 13.7 Å². The minimum atomic E-state index is 0. The number of guanidine groups is 1. The van der Waals surface area contributed by atoms with Crippen LogP contribution in [0.3, 0.4) is 0 Å².